The molecule has 0 fully saturated rings. The first-order valence-electron chi connectivity index (χ1n) is 19.7. The molecule has 0 aliphatic carbocycles. The Labute approximate surface area is 281 Å². The summed E-state index contributed by atoms with van der Waals surface area (Å²) in [4.78, 5) is 12.3. The van der Waals surface area contributed by atoms with Gasteiger partial charge in [-0.05, 0) is 51.4 Å². The standard InChI is InChI=1S/C41H77NO3/c1-3-5-7-9-11-13-15-17-18-19-20-21-22-23-24-25-27-29-31-33-35-37-41(45)42-39(38-43)40(44)36-34-32-30-28-26-16-14-12-10-8-6-4-2/h15,17,19-20,34,36,39-40,43-44H,3-14,16,18,21-33,35,37-38H2,1-2H3,(H,42,45)/b17-15-,20-19-,36-34+. The van der Waals surface area contributed by atoms with Crippen molar-refractivity contribution in [2.24, 2.45) is 0 Å². The normalized spacial score (nSPS) is 13.4. The number of nitrogens with one attached hydrogen (secondary N) is 1. The van der Waals surface area contributed by atoms with Gasteiger partial charge in [-0.2, -0.15) is 0 Å². The summed E-state index contributed by atoms with van der Waals surface area (Å²) in [6, 6.07) is -0.622. The number of carbonyl (C=O) groups is 1. The van der Waals surface area contributed by atoms with Crippen molar-refractivity contribution in [1.82, 2.24) is 5.32 Å². The van der Waals surface area contributed by atoms with Crippen LogP contribution in [0.4, 0.5) is 0 Å². The number of aliphatic hydroxyl groups excluding tert-OH is 2. The highest BCUT2D eigenvalue weighted by molar-refractivity contribution is 5.76. The quantitative estimate of drug-likeness (QED) is 0.0481. The maximum Gasteiger partial charge on any atom is 0.220 e. The zero-order chi connectivity index (χ0) is 32.9. The van der Waals surface area contributed by atoms with Gasteiger partial charge in [0.05, 0.1) is 18.8 Å². The first-order chi connectivity index (χ1) is 22.2. The van der Waals surface area contributed by atoms with Gasteiger partial charge in [0.15, 0.2) is 0 Å². The second-order valence-corrected chi connectivity index (χ2v) is 13.3. The molecule has 0 aromatic rings. The minimum absolute atomic E-state index is 0.0703. The number of hydrogen-bond acceptors (Lipinski definition) is 3. The Hall–Kier alpha value is -1.39. The zero-order valence-electron chi connectivity index (χ0n) is 30.1. The monoisotopic (exact) mass is 632 g/mol. The van der Waals surface area contributed by atoms with Crippen molar-refractivity contribution in [3.05, 3.63) is 36.5 Å². The van der Waals surface area contributed by atoms with E-state index in [1.807, 2.05) is 6.08 Å². The molecule has 0 spiro atoms. The van der Waals surface area contributed by atoms with E-state index in [1.54, 1.807) is 6.08 Å². The summed E-state index contributed by atoms with van der Waals surface area (Å²) in [6.07, 6.45) is 48.0. The summed E-state index contributed by atoms with van der Waals surface area (Å²) in [5, 5.41) is 22.9. The molecule has 2 unspecified atom stereocenters. The molecule has 0 saturated heterocycles. The Balaban J connectivity index is 3.59. The second kappa shape index (κ2) is 37.1. The molecule has 45 heavy (non-hydrogen) atoms. The van der Waals surface area contributed by atoms with Crippen LogP contribution in [0.3, 0.4) is 0 Å². The summed E-state index contributed by atoms with van der Waals surface area (Å²) in [7, 11) is 0. The van der Waals surface area contributed by atoms with Gasteiger partial charge in [0.25, 0.3) is 0 Å². The maximum atomic E-state index is 12.3. The lowest BCUT2D eigenvalue weighted by Gasteiger charge is -2.20. The molecule has 0 aromatic heterocycles. The number of hydrogen-bond donors (Lipinski definition) is 3. The number of carbonyl (C=O) groups excluding carboxylic acids is 1. The van der Waals surface area contributed by atoms with Crippen LogP contribution in [0.5, 0.6) is 0 Å². The molecule has 0 aliphatic heterocycles. The van der Waals surface area contributed by atoms with Crippen LogP contribution in [0.1, 0.15) is 200 Å². The fourth-order valence-corrected chi connectivity index (χ4v) is 5.80. The van der Waals surface area contributed by atoms with Crippen LogP contribution in [0.2, 0.25) is 0 Å². The molecule has 4 heteroatoms. The van der Waals surface area contributed by atoms with Crippen LogP contribution in [-0.4, -0.2) is 34.9 Å². The Morgan fingerprint density at radius 1 is 0.533 bits per heavy atom. The largest absolute Gasteiger partial charge is 0.394 e. The third-order valence-corrected chi connectivity index (χ3v) is 8.87. The van der Waals surface area contributed by atoms with Gasteiger partial charge in [-0.25, -0.2) is 0 Å². The van der Waals surface area contributed by atoms with E-state index in [-0.39, 0.29) is 12.5 Å². The van der Waals surface area contributed by atoms with Crippen LogP contribution in [-0.2, 0) is 4.79 Å². The molecular formula is C41H77NO3. The molecule has 3 N–H and O–H groups in total. The van der Waals surface area contributed by atoms with Gasteiger partial charge >= 0.3 is 0 Å². The van der Waals surface area contributed by atoms with Crippen molar-refractivity contribution in [3.63, 3.8) is 0 Å². The lowest BCUT2D eigenvalue weighted by Crippen LogP contribution is -2.45. The van der Waals surface area contributed by atoms with E-state index in [0.717, 1.165) is 32.1 Å². The maximum absolute atomic E-state index is 12.3. The SMILES string of the molecule is CCCCCCC/C=C\C/C=C\CCCCCCCCCCCC(=O)NC(CO)C(O)/C=C/CCCCCCCCCCCC. The number of unbranched alkanes of at least 4 members (excludes halogenated alkanes) is 24. The summed E-state index contributed by atoms with van der Waals surface area (Å²) in [5.74, 6) is -0.0703. The van der Waals surface area contributed by atoms with Crippen LogP contribution in [0.25, 0.3) is 0 Å². The molecule has 0 bridgehead atoms. The molecule has 4 nitrogen and oxygen atoms in total. The molecule has 0 saturated carbocycles. The predicted octanol–water partition coefficient (Wildman–Crippen LogP) is 11.8. The van der Waals surface area contributed by atoms with Gasteiger partial charge in [0.1, 0.15) is 0 Å². The van der Waals surface area contributed by atoms with Crippen LogP contribution >= 0.6 is 0 Å². The summed E-state index contributed by atoms with van der Waals surface area (Å²) in [5.41, 5.74) is 0. The van der Waals surface area contributed by atoms with Crippen LogP contribution in [0, 0.1) is 0 Å². The predicted molar refractivity (Wildman–Crippen MR) is 198 cm³/mol. The van der Waals surface area contributed by atoms with Crippen molar-refractivity contribution in [1.29, 1.82) is 0 Å². The molecular weight excluding hydrogens is 554 g/mol. The van der Waals surface area contributed by atoms with Crippen LogP contribution < -0.4 is 5.32 Å². The minimum Gasteiger partial charge on any atom is -0.394 e. The van der Waals surface area contributed by atoms with Crippen molar-refractivity contribution in [2.45, 2.75) is 212 Å². The second-order valence-electron chi connectivity index (χ2n) is 13.3. The topological polar surface area (TPSA) is 69.6 Å². The first-order valence-corrected chi connectivity index (χ1v) is 19.7. The van der Waals surface area contributed by atoms with Crippen molar-refractivity contribution in [3.8, 4) is 0 Å². The smallest absolute Gasteiger partial charge is 0.220 e. The number of amides is 1. The van der Waals surface area contributed by atoms with Crippen LogP contribution in [0.15, 0.2) is 36.5 Å². The molecule has 264 valence electrons. The Morgan fingerprint density at radius 2 is 0.911 bits per heavy atom. The van der Waals surface area contributed by atoms with E-state index in [0.29, 0.717) is 6.42 Å². The van der Waals surface area contributed by atoms with E-state index in [9.17, 15) is 15.0 Å². The molecule has 0 rings (SSSR count). The average Bonchev–Trinajstić information content (AvgIpc) is 3.04. The summed E-state index contributed by atoms with van der Waals surface area (Å²) in [6.45, 7) is 4.28. The highest BCUT2D eigenvalue weighted by atomic mass is 16.3. The van der Waals surface area contributed by atoms with Crippen molar-refractivity contribution < 1.29 is 15.0 Å². The molecule has 0 heterocycles. The van der Waals surface area contributed by atoms with E-state index >= 15 is 0 Å². The Bertz CT molecular complexity index is 686. The lowest BCUT2D eigenvalue weighted by molar-refractivity contribution is -0.123. The lowest BCUT2D eigenvalue weighted by atomic mass is 10.0. The molecule has 1 amide bonds. The highest BCUT2D eigenvalue weighted by Gasteiger charge is 2.17. The van der Waals surface area contributed by atoms with Gasteiger partial charge in [-0.3, -0.25) is 4.79 Å². The molecule has 0 radical (unpaired) electrons. The number of allylic oxidation sites excluding steroid dienone is 5. The van der Waals surface area contributed by atoms with Gasteiger partial charge in [-0.1, -0.05) is 179 Å². The van der Waals surface area contributed by atoms with Gasteiger partial charge < -0.3 is 15.5 Å². The number of rotatable bonds is 35. The highest BCUT2D eigenvalue weighted by Crippen LogP contribution is 2.13. The fraction of sp³-hybridized carbons (Fsp3) is 0.829. The third kappa shape index (κ3) is 33.8. The fourth-order valence-electron chi connectivity index (χ4n) is 5.80. The molecule has 2 atom stereocenters. The first kappa shape index (κ1) is 43.6. The minimum atomic E-state index is -0.838. The number of aliphatic hydroxyl groups is 2. The van der Waals surface area contributed by atoms with Gasteiger partial charge in [-0.15, -0.1) is 0 Å². The third-order valence-electron chi connectivity index (χ3n) is 8.87. The Morgan fingerprint density at radius 3 is 1.33 bits per heavy atom. The van der Waals surface area contributed by atoms with E-state index < -0.39 is 12.1 Å². The average molecular weight is 632 g/mol. The summed E-state index contributed by atoms with van der Waals surface area (Å²) >= 11 is 0. The molecule has 0 aliphatic rings. The van der Waals surface area contributed by atoms with Gasteiger partial charge in [0.2, 0.25) is 5.91 Å². The van der Waals surface area contributed by atoms with Gasteiger partial charge in [0, 0.05) is 6.42 Å². The van der Waals surface area contributed by atoms with Crippen molar-refractivity contribution >= 4 is 5.91 Å². The molecule has 0 aromatic carbocycles. The summed E-state index contributed by atoms with van der Waals surface area (Å²) < 4.78 is 0. The van der Waals surface area contributed by atoms with E-state index in [4.69, 9.17) is 0 Å². The van der Waals surface area contributed by atoms with E-state index in [2.05, 4.69) is 43.5 Å². The van der Waals surface area contributed by atoms with E-state index in [1.165, 1.54) is 148 Å². The zero-order valence-corrected chi connectivity index (χ0v) is 30.1. The van der Waals surface area contributed by atoms with Crippen molar-refractivity contribution in [2.75, 3.05) is 6.61 Å². The Kier molecular flexibility index (Phi) is 35.9.